The molecule has 0 aliphatic carbocycles. The van der Waals surface area contributed by atoms with E-state index >= 15 is 0 Å². The van der Waals surface area contributed by atoms with Crippen molar-refractivity contribution in [2.45, 2.75) is 13.0 Å². The normalized spacial score (nSPS) is 10.2. The second-order valence-corrected chi connectivity index (χ2v) is 6.19. The summed E-state index contributed by atoms with van der Waals surface area (Å²) in [5, 5.41) is 4.11. The predicted molar refractivity (Wildman–Crippen MR) is 104 cm³/mol. The molecule has 0 unspecified atom stereocenters. The summed E-state index contributed by atoms with van der Waals surface area (Å²) in [6, 6.07) is 14.8. The molecule has 3 N–H and O–H groups in total. The number of rotatable bonds is 6. The van der Waals surface area contributed by atoms with Gasteiger partial charge in [0.2, 0.25) is 0 Å². The Kier molecular flexibility index (Phi) is 7.66. The number of carbonyl (C=O) groups excluding carboxylic acids is 1. The van der Waals surface area contributed by atoms with Gasteiger partial charge in [0, 0.05) is 24.2 Å². The number of hydrazine groups is 1. The van der Waals surface area contributed by atoms with Crippen LogP contribution >= 0.6 is 23.8 Å². The van der Waals surface area contributed by atoms with Crippen molar-refractivity contribution in [3.63, 3.8) is 0 Å². The molecule has 0 bridgehead atoms. The highest BCUT2D eigenvalue weighted by atomic mass is 35.5. The molecular formula is C18H20ClN3O2S. The minimum Gasteiger partial charge on any atom is -0.380 e. The fourth-order valence-electron chi connectivity index (χ4n) is 2.12. The summed E-state index contributed by atoms with van der Waals surface area (Å²) < 4.78 is 5.04. The zero-order valence-electron chi connectivity index (χ0n) is 13.8. The molecular weight excluding hydrogens is 358 g/mol. The first kappa shape index (κ1) is 19.2. The first-order chi connectivity index (χ1) is 12.1. The van der Waals surface area contributed by atoms with Crippen LogP contribution in [0.3, 0.4) is 0 Å². The Morgan fingerprint density at radius 1 is 1.04 bits per heavy atom. The van der Waals surface area contributed by atoms with Crippen molar-refractivity contribution in [2.75, 3.05) is 13.7 Å². The van der Waals surface area contributed by atoms with Crippen molar-refractivity contribution in [1.82, 2.24) is 16.2 Å². The fourth-order valence-corrected chi connectivity index (χ4v) is 2.40. The van der Waals surface area contributed by atoms with Crippen molar-refractivity contribution in [1.29, 1.82) is 0 Å². The van der Waals surface area contributed by atoms with Crippen LogP contribution in [-0.2, 0) is 17.8 Å². The van der Waals surface area contributed by atoms with E-state index in [4.69, 9.17) is 28.6 Å². The van der Waals surface area contributed by atoms with Crippen molar-refractivity contribution >= 4 is 34.8 Å². The third-order valence-electron chi connectivity index (χ3n) is 3.43. The molecule has 0 aromatic heterocycles. The van der Waals surface area contributed by atoms with Gasteiger partial charge >= 0.3 is 0 Å². The summed E-state index contributed by atoms with van der Waals surface area (Å²) in [5.74, 6) is -0.259. The number of amides is 1. The molecule has 1 amide bonds. The minimum atomic E-state index is -0.259. The number of hydrogen-bond acceptors (Lipinski definition) is 3. The largest absolute Gasteiger partial charge is 0.380 e. The lowest BCUT2D eigenvalue weighted by Gasteiger charge is -2.12. The van der Waals surface area contributed by atoms with E-state index in [1.807, 2.05) is 36.4 Å². The van der Waals surface area contributed by atoms with Crippen LogP contribution < -0.4 is 16.2 Å². The molecule has 0 heterocycles. The number of thiocarbonyl (C=S) groups is 1. The van der Waals surface area contributed by atoms with Crippen LogP contribution in [0.4, 0.5) is 0 Å². The van der Waals surface area contributed by atoms with E-state index in [2.05, 4.69) is 16.2 Å². The molecule has 0 fully saturated rings. The molecule has 7 heteroatoms. The van der Waals surface area contributed by atoms with Gasteiger partial charge in [0.15, 0.2) is 5.11 Å². The summed E-state index contributed by atoms with van der Waals surface area (Å²) in [7, 11) is 1.63. The predicted octanol–water partition coefficient (Wildman–Crippen LogP) is 2.84. The van der Waals surface area contributed by atoms with Crippen LogP contribution in [0, 0.1) is 0 Å². The van der Waals surface area contributed by atoms with Crippen molar-refractivity contribution in [2.24, 2.45) is 0 Å². The van der Waals surface area contributed by atoms with Crippen molar-refractivity contribution < 1.29 is 9.53 Å². The summed E-state index contributed by atoms with van der Waals surface area (Å²) in [4.78, 5) is 12.0. The van der Waals surface area contributed by atoms with E-state index in [9.17, 15) is 4.79 Å². The average molecular weight is 378 g/mol. The van der Waals surface area contributed by atoms with Gasteiger partial charge in [-0.2, -0.15) is 0 Å². The lowest BCUT2D eigenvalue weighted by Crippen LogP contribution is -2.47. The molecule has 25 heavy (non-hydrogen) atoms. The third kappa shape index (κ3) is 6.70. The van der Waals surface area contributed by atoms with Gasteiger partial charge in [0.05, 0.1) is 6.61 Å². The maximum Gasteiger partial charge on any atom is 0.269 e. The smallest absolute Gasteiger partial charge is 0.269 e. The number of carbonyl (C=O) groups is 1. The van der Waals surface area contributed by atoms with Gasteiger partial charge in [-0.05, 0) is 54.0 Å². The third-order valence-corrected chi connectivity index (χ3v) is 3.93. The average Bonchev–Trinajstić information content (AvgIpc) is 2.62. The second kappa shape index (κ2) is 9.98. The van der Waals surface area contributed by atoms with E-state index in [0.29, 0.717) is 28.9 Å². The summed E-state index contributed by atoms with van der Waals surface area (Å²) in [6.07, 6.45) is 0.800. The van der Waals surface area contributed by atoms with Gasteiger partial charge in [-0.25, -0.2) is 0 Å². The Morgan fingerprint density at radius 2 is 1.68 bits per heavy atom. The zero-order valence-corrected chi connectivity index (χ0v) is 15.4. The first-order valence-corrected chi connectivity index (χ1v) is 8.53. The van der Waals surface area contributed by atoms with Crippen LogP contribution in [-0.4, -0.2) is 24.7 Å². The Balaban J connectivity index is 1.70. The van der Waals surface area contributed by atoms with Crippen LogP contribution in [0.2, 0.25) is 5.02 Å². The van der Waals surface area contributed by atoms with Gasteiger partial charge in [0.25, 0.3) is 5.91 Å². The second-order valence-electron chi connectivity index (χ2n) is 5.34. The van der Waals surface area contributed by atoms with Gasteiger partial charge < -0.3 is 10.1 Å². The van der Waals surface area contributed by atoms with Gasteiger partial charge in [-0.1, -0.05) is 35.9 Å². The number of halogens is 1. The van der Waals surface area contributed by atoms with Gasteiger partial charge in [-0.3, -0.25) is 15.6 Å². The first-order valence-electron chi connectivity index (χ1n) is 7.75. The Morgan fingerprint density at radius 3 is 2.32 bits per heavy atom. The van der Waals surface area contributed by atoms with Crippen LogP contribution in [0.15, 0.2) is 48.5 Å². The lowest BCUT2D eigenvalue weighted by atomic mass is 10.1. The summed E-state index contributed by atoms with van der Waals surface area (Å²) in [6.45, 7) is 1.16. The molecule has 0 aliphatic heterocycles. The van der Waals surface area contributed by atoms with Gasteiger partial charge in [-0.15, -0.1) is 0 Å². The zero-order chi connectivity index (χ0) is 18.1. The van der Waals surface area contributed by atoms with E-state index in [0.717, 1.165) is 17.5 Å². The lowest BCUT2D eigenvalue weighted by molar-refractivity contribution is 0.0943. The molecule has 0 saturated heterocycles. The number of nitrogens with one attached hydrogen (secondary N) is 3. The number of benzene rings is 2. The molecule has 2 aromatic rings. The van der Waals surface area contributed by atoms with Gasteiger partial charge in [0.1, 0.15) is 0 Å². The molecule has 0 radical (unpaired) electrons. The Labute approximate surface area is 157 Å². The molecule has 2 rings (SSSR count). The quantitative estimate of drug-likeness (QED) is 0.533. The number of ether oxygens (including phenoxy) is 1. The Bertz CT molecular complexity index is 705. The summed E-state index contributed by atoms with van der Waals surface area (Å²) in [5.41, 5.74) is 7.95. The minimum absolute atomic E-state index is 0.259. The highest BCUT2D eigenvalue weighted by Crippen LogP contribution is 2.09. The molecule has 0 aliphatic rings. The van der Waals surface area contributed by atoms with E-state index in [-0.39, 0.29) is 5.91 Å². The van der Waals surface area contributed by atoms with Crippen LogP contribution in [0.5, 0.6) is 0 Å². The standard InChI is InChI=1S/C18H20ClN3O2S/c1-24-12-14-2-6-15(7-3-14)17(23)21-22-18(25)20-11-10-13-4-8-16(19)9-5-13/h2-9H,10-12H2,1H3,(H,21,23)(H2,20,22,25). The maximum absolute atomic E-state index is 12.0. The molecule has 5 nitrogen and oxygen atoms in total. The SMILES string of the molecule is COCc1ccc(C(=O)NNC(=S)NCCc2ccc(Cl)cc2)cc1. The molecule has 0 atom stereocenters. The van der Waals surface area contributed by atoms with E-state index in [1.54, 1.807) is 19.2 Å². The summed E-state index contributed by atoms with van der Waals surface area (Å²) >= 11 is 11.0. The topological polar surface area (TPSA) is 62.4 Å². The van der Waals surface area contributed by atoms with E-state index < -0.39 is 0 Å². The fraction of sp³-hybridized carbons (Fsp3) is 0.222. The number of hydrogen-bond donors (Lipinski definition) is 3. The van der Waals surface area contributed by atoms with Crippen molar-refractivity contribution in [3.8, 4) is 0 Å². The monoisotopic (exact) mass is 377 g/mol. The Hall–Kier alpha value is -2.15. The van der Waals surface area contributed by atoms with Crippen molar-refractivity contribution in [3.05, 3.63) is 70.2 Å². The highest BCUT2D eigenvalue weighted by Gasteiger charge is 2.05. The molecule has 2 aromatic carbocycles. The number of methoxy groups -OCH3 is 1. The molecule has 132 valence electrons. The van der Waals surface area contributed by atoms with Crippen LogP contribution in [0.25, 0.3) is 0 Å². The van der Waals surface area contributed by atoms with E-state index in [1.165, 1.54) is 0 Å². The highest BCUT2D eigenvalue weighted by molar-refractivity contribution is 7.80. The maximum atomic E-state index is 12.0. The molecule has 0 saturated carbocycles. The van der Waals surface area contributed by atoms with Crippen LogP contribution in [0.1, 0.15) is 21.5 Å². The molecule has 0 spiro atoms.